The van der Waals surface area contributed by atoms with E-state index in [-0.39, 0.29) is 23.7 Å². The SMILES string of the molecule is C/C(=N\NC(=O)[C@@H]1C[C@@H]1c1ccccc1)c1ccc(NC(=O)c2csc(C)c2)cc1. The Morgan fingerprint density at radius 3 is 2.43 bits per heavy atom. The van der Waals surface area contributed by atoms with Gasteiger partial charge < -0.3 is 5.32 Å². The van der Waals surface area contributed by atoms with E-state index in [1.807, 2.05) is 67.8 Å². The maximum absolute atomic E-state index is 12.4. The molecule has 1 saturated carbocycles. The molecule has 0 spiro atoms. The fourth-order valence-electron chi connectivity index (χ4n) is 3.40. The highest BCUT2D eigenvalue weighted by molar-refractivity contribution is 7.10. The van der Waals surface area contributed by atoms with Crippen molar-refractivity contribution >= 4 is 34.6 Å². The largest absolute Gasteiger partial charge is 0.322 e. The zero-order valence-electron chi connectivity index (χ0n) is 16.9. The third-order valence-electron chi connectivity index (χ3n) is 5.24. The minimum atomic E-state index is -0.123. The maximum atomic E-state index is 12.4. The Balaban J connectivity index is 1.32. The molecular weight excluding hydrogens is 394 g/mol. The lowest BCUT2D eigenvalue weighted by Gasteiger charge is -2.06. The zero-order chi connectivity index (χ0) is 21.1. The van der Waals surface area contributed by atoms with Crippen LogP contribution in [0.15, 0.2) is 71.1 Å². The summed E-state index contributed by atoms with van der Waals surface area (Å²) in [5, 5.41) is 8.99. The number of aryl methyl sites for hydroxylation is 1. The molecule has 0 unspecified atom stereocenters. The third-order valence-corrected chi connectivity index (χ3v) is 6.10. The Hall–Kier alpha value is -3.25. The predicted octanol–water partition coefficient (Wildman–Crippen LogP) is 4.95. The molecule has 6 heteroatoms. The molecule has 0 bridgehead atoms. The highest BCUT2D eigenvalue weighted by Gasteiger charge is 2.43. The van der Waals surface area contributed by atoms with Gasteiger partial charge in [-0.2, -0.15) is 5.10 Å². The van der Waals surface area contributed by atoms with Crippen molar-refractivity contribution in [3.05, 3.63) is 87.6 Å². The van der Waals surface area contributed by atoms with Gasteiger partial charge in [0.25, 0.3) is 5.91 Å². The minimum absolute atomic E-state index is 0.0118. The summed E-state index contributed by atoms with van der Waals surface area (Å²) in [5.41, 5.74) is 6.87. The van der Waals surface area contributed by atoms with Crippen molar-refractivity contribution in [1.82, 2.24) is 5.43 Å². The molecule has 0 radical (unpaired) electrons. The molecule has 1 aliphatic rings. The summed E-state index contributed by atoms with van der Waals surface area (Å²) in [5.74, 6) is 0.110. The van der Waals surface area contributed by atoms with Gasteiger partial charge in [-0.25, -0.2) is 5.43 Å². The summed E-state index contributed by atoms with van der Waals surface area (Å²) < 4.78 is 0. The molecule has 2 aromatic carbocycles. The molecule has 2 atom stereocenters. The zero-order valence-corrected chi connectivity index (χ0v) is 17.7. The molecule has 30 heavy (non-hydrogen) atoms. The van der Waals surface area contributed by atoms with E-state index < -0.39 is 0 Å². The molecule has 5 nitrogen and oxygen atoms in total. The smallest absolute Gasteiger partial charge is 0.256 e. The van der Waals surface area contributed by atoms with Crippen LogP contribution in [0.5, 0.6) is 0 Å². The molecule has 0 aliphatic heterocycles. The van der Waals surface area contributed by atoms with Gasteiger partial charge in [-0.3, -0.25) is 9.59 Å². The van der Waals surface area contributed by atoms with Gasteiger partial charge in [0.05, 0.1) is 11.3 Å². The Morgan fingerprint density at radius 1 is 1.03 bits per heavy atom. The van der Waals surface area contributed by atoms with Crippen molar-refractivity contribution < 1.29 is 9.59 Å². The lowest BCUT2D eigenvalue weighted by Crippen LogP contribution is -2.21. The Labute approximate surface area is 179 Å². The molecule has 1 aromatic heterocycles. The van der Waals surface area contributed by atoms with E-state index in [1.165, 1.54) is 5.56 Å². The molecule has 3 aromatic rings. The number of nitrogens with one attached hydrogen (secondary N) is 2. The Bertz CT molecular complexity index is 1090. The molecule has 1 fully saturated rings. The number of anilines is 1. The number of carbonyl (C=O) groups is 2. The summed E-state index contributed by atoms with van der Waals surface area (Å²) in [6.07, 6.45) is 0.864. The molecule has 1 heterocycles. The quantitative estimate of drug-likeness (QED) is 0.440. The molecule has 2 amide bonds. The van der Waals surface area contributed by atoms with Crippen LogP contribution < -0.4 is 10.7 Å². The second-order valence-corrected chi connectivity index (χ2v) is 8.63. The number of thiophene rings is 1. The number of benzene rings is 2. The van der Waals surface area contributed by atoms with Crippen LogP contribution in [0.3, 0.4) is 0 Å². The summed E-state index contributed by atoms with van der Waals surface area (Å²) >= 11 is 1.55. The molecular formula is C24H23N3O2S. The molecule has 2 N–H and O–H groups in total. The second-order valence-electron chi connectivity index (χ2n) is 7.51. The fourth-order valence-corrected chi connectivity index (χ4v) is 4.08. The van der Waals surface area contributed by atoms with Crippen molar-refractivity contribution in [2.24, 2.45) is 11.0 Å². The minimum Gasteiger partial charge on any atom is -0.322 e. The Morgan fingerprint density at radius 2 is 1.77 bits per heavy atom. The maximum Gasteiger partial charge on any atom is 0.256 e. The first kappa shape index (κ1) is 20.0. The average molecular weight is 418 g/mol. The topological polar surface area (TPSA) is 70.6 Å². The average Bonchev–Trinajstić information content (AvgIpc) is 3.46. The van der Waals surface area contributed by atoms with Crippen LogP contribution in [0.25, 0.3) is 0 Å². The summed E-state index contributed by atoms with van der Waals surface area (Å²) in [7, 11) is 0. The fraction of sp³-hybridized carbons (Fsp3) is 0.208. The standard InChI is InChI=1S/C24H23N3O2S/c1-15-12-19(14-30-15)23(28)25-20-10-8-17(9-11-20)16(2)26-27-24(29)22-13-21(22)18-6-4-3-5-7-18/h3-12,14,21-22H,13H2,1-2H3,(H,25,28)(H,27,29)/b26-16+/t21-,22-/m1/s1. The predicted molar refractivity (Wildman–Crippen MR) is 121 cm³/mol. The summed E-state index contributed by atoms with van der Waals surface area (Å²) in [6.45, 7) is 3.83. The van der Waals surface area contributed by atoms with Gasteiger partial charge in [0.2, 0.25) is 5.91 Å². The van der Waals surface area contributed by atoms with E-state index in [1.54, 1.807) is 11.3 Å². The highest BCUT2D eigenvalue weighted by atomic mass is 32.1. The van der Waals surface area contributed by atoms with Crippen molar-refractivity contribution in [2.45, 2.75) is 26.2 Å². The van der Waals surface area contributed by atoms with Gasteiger partial charge in [0, 0.05) is 21.9 Å². The van der Waals surface area contributed by atoms with E-state index >= 15 is 0 Å². The number of rotatable bonds is 6. The van der Waals surface area contributed by atoms with E-state index in [4.69, 9.17) is 0 Å². The van der Waals surface area contributed by atoms with Crippen molar-refractivity contribution in [3.63, 3.8) is 0 Å². The van der Waals surface area contributed by atoms with E-state index in [0.717, 1.165) is 16.9 Å². The van der Waals surface area contributed by atoms with E-state index in [9.17, 15) is 9.59 Å². The van der Waals surface area contributed by atoms with Crippen molar-refractivity contribution in [2.75, 3.05) is 5.32 Å². The Kier molecular flexibility index (Phi) is 5.77. The molecule has 1 aliphatic carbocycles. The lowest BCUT2D eigenvalue weighted by atomic mass is 10.1. The first-order valence-electron chi connectivity index (χ1n) is 9.87. The number of amides is 2. The highest BCUT2D eigenvalue weighted by Crippen LogP contribution is 2.47. The summed E-state index contributed by atoms with van der Waals surface area (Å²) in [4.78, 5) is 25.7. The lowest BCUT2D eigenvalue weighted by molar-refractivity contribution is -0.122. The molecule has 4 rings (SSSR count). The van der Waals surface area contributed by atoms with Crippen LogP contribution in [0.1, 0.15) is 45.6 Å². The van der Waals surface area contributed by atoms with Crippen LogP contribution in [0.4, 0.5) is 5.69 Å². The normalized spacial score (nSPS) is 18.0. The van der Waals surface area contributed by atoms with Gasteiger partial charge in [0.15, 0.2) is 0 Å². The van der Waals surface area contributed by atoms with Gasteiger partial charge in [-0.05, 0) is 55.5 Å². The van der Waals surface area contributed by atoms with Gasteiger partial charge in [-0.1, -0.05) is 42.5 Å². The third kappa shape index (κ3) is 4.66. The van der Waals surface area contributed by atoms with Crippen LogP contribution in [-0.4, -0.2) is 17.5 Å². The van der Waals surface area contributed by atoms with Crippen LogP contribution >= 0.6 is 11.3 Å². The number of carbonyl (C=O) groups excluding carboxylic acids is 2. The monoisotopic (exact) mass is 417 g/mol. The summed E-state index contributed by atoms with van der Waals surface area (Å²) in [6, 6.07) is 19.4. The van der Waals surface area contributed by atoms with Crippen LogP contribution in [-0.2, 0) is 4.79 Å². The number of hydrogen-bond acceptors (Lipinski definition) is 4. The van der Waals surface area contributed by atoms with E-state index in [2.05, 4.69) is 28.0 Å². The number of hydrazone groups is 1. The van der Waals surface area contributed by atoms with Crippen LogP contribution in [0.2, 0.25) is 0 Å². The van der Waals surface area contributed by atoms with Crippen LogP contribution in [0, 0.1) is 12.8 Å². The van der Waals surface area contributed by atoms with E-state index in [0.29, 0.717) is 17.0 Å². The first-order chi connectivity index (χ1) is 14.5. The first-order valence-corrected chi connectivity index (χ1v) is 10.8. The van der Waals surface area contributed by atoms with Gasteiger partial charge in [0.1, 0.15) is 0 Å². The van der Waals surface area contributed by atoms with Gasteiger partial charge in [-0.15, -0.1) is 11.3 Å². The van der Waals surface area contributed by atoms with Gasteiger partial charge >= 0.3 is 0 Å². The number of hydrogen-bond donors (Lipinski definition) is 2. The van der Waals surface area contributed by atoms with Crippen molar-refractivity contribution in [1.29, 1.82) is 0 Å². The van der Waals surface area contributed by atoms with Crippen molar-refractivity contribution in [3.8, 4) is 0 Å². The second kappa shape index (κ2) is 8.63. The molecule has 0 saturated heterocycles. The number of nitrogens with zero attached hydrogens (tertiary/aromatic N) is 1. The molecule has 152 valence electrons.